The van der Waals surface area contributed by atoms with Crippen LogP contribution in [0.5, 0.6) is 0 Å². The summed E-state index contributed by atoms with van der Waals surface area (Å²) >= 11 is 0. The van der Waals surface area contributed by atoms with Crippen LogP contribution in [-0.2, 0) is 0 Å². The molecule has 7 heteroatoms. The Kier molecular flexibility index (Phi) is 4.52. The van der Waals surface area contributed by atoms with Crippen LogP contribution in [0.3, 0.4) is 0 Å². The molecule has 7 nitrogen and oxygen atoms in total. The third kappa shape index (κ3) is 3.38. The van der Waals surface area contributed by atoms with Gasteiger partial charge >= 0.3 is 0 Å². The Morgan fingerprint density at radius 1 is 0.966 bits per heavy atom. The number of pyridine rings is 1. The highest BCUT2D eigenvalue weighted by atomic mass is 15.2. The quantitative estimate of drug-likeness (QED) is 0.556. The summed E-state index contributed by atoms with van der Waals surface area (Å²) in [6.45, 7) is 8.40. The van der Waals surface area contributed by atoms with Crippen molar-refractivity contribution >= 4 is 39.3 Å². The predicted molar refractivity (Wildman–Crippen MR) is 118 cm³/mol. The Balaban J connectivity index is 1.46. The SMILES string of the molecule is CC(C)n1ccc2ccc3cnc(Nc4ccc(N5CCNCC5)cn4)nc3c21. The van der Waals surface area contributed by atoms with Crippen molar-refractivity contribution in [1.29, 1.82) is 0 Å². The molecule has 0 unspecified atom stereocenters. The molecule has 0 spiro atoms. The summed E-state index contributed by atoms with van der Waals surface area (Å²) < 4.78 is 2.26. The lowest BCUT2D eigenvalue weighted by atomic mass is 10.2. The molecular formula is C22H25N7. The average Bonchev–Trinajstić information content (AvgIpc) is 3.20. The van der Waals surface area contributed by atoms with Gasteiger partial charge < -0.3 is 20.1 Å². The molecule has 2 N–H and O–H groups in total. The van der Waals surface area contributed by atoms with Gasteiger partial charge in [0, 0.05) is 55.4 Å². The highest BCUT2D eigenvalue weighted by Crippen LogP contribution is 2.28. The van der Waals surface area contributed by atoms with Crippen molar-refractivity contribution in [3.05, 3.63) is 48.9 Å². The van der Waals surface area contributed by atoms with E-state index < -0.39 is 0 Å². The van der Waals surface area contributed by atoms with Crippen molar-refractivity contribution in [3.8, 4) is 0 Å². The van der Waals surface area contributed by atoms with Gasteiger partial charge in [0.1, 0.15) is 11.3 Å². The molecule has 29 heavy (non-hydrogen) atoms. The Labute approximate surface area is 169 Å². The molecule has 1 aromatic carbocycles. The molecular weight excluding hydrogens is 362 g/mol. The lowest BCUT2D eigenvalue weighted by Gasteiger charge is -2.29. The summed E-state index contributed by atoms with van der Waals surface area (Å²) in [5.41, 5.74) is 3.24. The van der Waals surface area contributed by atoms with Crippen LogP contribution in [-0.4, -0.2) is 45.7 Å². The van der Waals surface area contributed by atoms with Crippen LogP contribution < -0.4 is 15.5 Å². The summed E-state index contributed by atoms with van der Waals surface area (Å²) in [7, 11) is 0. The van der Waals surface area contributed by atoms with E-state index in [4.69, 9.17) is 4.98 Å². The van der Waals surface area contributed by atoms with E-state index in [-0.39, 0.29) is 0 Å². The summed E-state index contributed by atoms with van der Waals surface area (Å²) in [5, 5.41) is 8.85. The normalized spacial score (nSPS) is 14.8. The van der Waals surface area contributed by atoms with Crippen molar-refractivity contribution in [2.24, 2.45) is 0 Å². The van der Waals surface area contributed by atoms with Gasteiger partial charge in [0.2, 0.25) is 5.95 Å². The van der Waals surface area contributed by atoms with Crippen LogP contribution in [0.4, 0.5) is 17.5 Å². The van der Waals surface area contributed by atoms with Crippen molar-refractivity contribution in [1.82, 2.24) is 24.8 Å². The number of hydrogen-bond acceptors (Lipinski definition) is 6. The molecule has 5 rings (SSSR count). The fourth-order valence-electron chi connectivity index (χ4n) is 3.91. The first-order valence-corrected chi connectivity index (χ1v) is 10.1. The van der Waals surface area contributed by atoms with Gasteiger partial charge in [-0.15, -0.1) is 0 Å². The Morgan fingerprint density at radius 3 is 2.55 bits per heavy atom. The van der Waals surface area contributed by atoms with Crippen LogP contribution in [0, 0.1) is 0 Å². The molecule has 1 aliphatic heterocycles. The molecule has 4 heterocycles. The minimum Gasteiger partial charge on any atom is -0.368 e. The smallest absolute Gasteiger partial charge is 0.228 e. The molecule has 3 aromatic heterocycles. The van der Waals surface area contributed by atoms with Crippen molar-refractivity contribution < 1.29 is 0 Å². The average molecular weight is 387 g/mol. The topological polar surface area (TPSA) is 70.9 Å². The molecule has 0 amide bonds. The maximum atomic E-state index is 4.82. The zero-order valence-corrected chi connectivity index (χ0v) is 16.8. The molecule has 0 bridgehead atoms. The monoisotopic (exact) mass is 387 g/mol. The Morgan fingerprint density at radius 2 is 1.79 bits per heavy atom. The zero-order valence-electron chi connectivity index (χ0n) is 16.8. The number of anilines is 3. The fraction of sp³-hybridized carbons (Fsp3) is 0.318. The van der Waals surface area contributed by atoms with Gasteiger partial charge in [-0.2, -0.15) is 0 Å². The number of nitrogens with one attached hydrogen (secondary N) is 2. The Bertz CT molecular complexity index is 1140. The van der Waals surface area contributed by atoms with E-state index in [0.717, 1.165) is 54.1 Å². The lowest BCUT2D eigenvalue weighted by Crippen LogP contribution is -2.43. The second-order valence-electron chi connectivity index (χ2n) is 7.72. The van der Waals surface area contributed by atoms with Gasteiger partial charge in [-0.1, -0.05) is 12.1 Å². The predicted octanol–water partition coefficient (Wildman–Crippen LogP) is 3.71. The first-order chi connectivity index (χ1) is 14.2. The number of aromatic nitrogens is 4. The van der Waals surface area contributed by atoms with Crippen molar-refractivity contribution in [2.75, 3.05) is 36.4 Å². The highest BCUT2D eigenvalue weighted by molar-refractivity contribution is 6.03. The highest BCUT2D eigenvalue weighted by Gasteiger charge is 2.12. The van der Waals surface area contributed by atoms with Gasteiger partial charge in [0.05, 0.1) is 17.4 Å². The lowest BCUT2D eigenvalue weighted by molar-refractivity contribution is 0.589. The van der Waals surface area contributed by atoms with E-state index in [1.54, 1.807) is 0 Å². The number of piperazine rings is 1. The van der Waals surface area contributed by atoms with E-state index in [9.17, 15) is 0 Å². The molecule has 0 aliphatic carbocycles. The zero-order chi connectivity index (χ0) is 19.8. The van der Waals surface area contributed by atoms with Crippen LogP contribution in [0.25, 0.3) is 21.8 Å². The van der Waals surface area contributed by atoms with Crippen molar-refractivity contribution in [2.45, 2.75) is 19.9 Å². The number of benzene rings is 1. The third-order valence-corrected chi connectivity index (χ3v) is 5.46. The minimum atomic E-state index is 0.365. The molecule has 1 saturated heterocycles. The third-order valence-electron chi connectivity index (χ3n) is 5.46. The first-order valence-electron chi connectivity index (χ1n) is 10.1. The second kappa shape index (κ2) is 7.33. The summed E-state index contributed by atoms with van der Waals surface area (Å²) in [4.78, 5) is 16.2. The maximum absolute atomic E-state index is 4.82. The molecule has 0 atom stereocenters. The summed E-state index contributed by atoms with van der Waals surface area (Å²) in [5.74, 6) is 1.30. The molecule has 1 fully saturated rings. The van der Waals surface area contributed by atoms with Crippen LogP contribution in [0.2, 0.25) is 0 Å². The molecule has 0 saturated carbocycles. The van der Waals surface area contributed by atoms with E-state index in [1.165, 1.54) is 5.39 Å². The maximum Gasteiger partial charge on any atom is 0.228 e. The van der Waals surface area contributed by atoms with Crippen molar-refractivity contribution in [3.63, 3.8) is 0 Å². The summed E-state index contributed by atoms with van der Waals surface area (Å²) in [6, 6.07) is 10.8. The van der Waals surface area contributed by atoms with Gasteiger partial charge in [-0.25, -0.2) is 15.0 Å². The number of nitrogens with zero attached hydrogens (tertiary/aromatic N) is 5. The van der Waals surface area contributed by atoms with Gasteiger partial charge in [-0.05, 0) is 32.0 Å². The first kappa shape index (κ1) is 17.9. The molecule has 1 aliphatic rings. The van der Waals surface area contributed by atoms with E-state index >= 15 is 0 Å². The number of rotatable bonds is 4. The van der Waals surface area contributed by atoms with E-state index in [2.05, 4.69) is 74.4 Å². The standard InChI is InChI=1S/C22H25N7/c1-15(2)29-10-7-16-3-4-17-13-25-22(27-20(17)21(16)29)26-19-6-5-18(14-24-19)28-11-8-23-9-12-28/h3-7,10,13-15,23H,8-9,11-12H2,1-2H3,(H,24,25,26,27). The minimum absolute atomic E-state index is 0.365. The van der Waals surface area contributed by atoms with Crippen LogP contribution >= 0.6 is 0 Å². The van der Waals surface area contributed by atoms with Gasteiger partial charge in [0.25, 0.3) is 0 Å². The number of hydrogen-bond donors (Lipinski definition) is 2. The van der Waals surface area contributed by atoms with Gasteiger partial charge in [-0.3, -0.25) is 0 Å². The molecule has 148 valence electrons. The van der Waals surface area contributed by atoms with E-state index in [1.807, 2.05) is 18.5 Å². The van der Waals surface area contributed by atoms with Gasteiger partial charge in [0.15, 0.2) is 0 Å². The summed E-state index contributed by atoms with van der Waals surface area (Å²) in [6.07, 6.45) is 5.91. The number of fused-ring (bicyclic) bond motifs is 3. The molecule has 0 radical (unpaired) electrons. The largest absolute Gasteiger partial charge is 0.368 e. The van der Waals surface area contributed by atoms with E-state index in [0.29, 0.717) is 12.0 Å². The van der Waals surface area contributed by atoms with Crippen LogP contribution in [0.15, 0.2) is 48.9 Å². The second-order valence-corrected chi connectivity index (χ2v) is 7.72. The fourth-order valence-corrected chi connectivity index (χ4v) is 3.91. The van der Waals surface area contributed by atoms with Crippen LogP contribution in [0.1, 0.15) is 19.9 Å². The Hall–Kier alpha value is -3.19. The molecule has 4 aromatic rings.